The van der Waals surface area contributed by atoms with Gasteiger partial charge in [-0.05, 0) is 61.6 Å². The van der Waals surface area contributed by atoms with E-state index in [0.717, 1.165) is 12.2 Å². The molecule has 1 heterocycles. The fourth-order valence-corrected chi connectivity index (χ4v) is 4.56. The van der Waals surface area contributed by atoms with E-state index in [1.54, 1.807) is 24.3 Å². The first-order valence-corrected chi connectivity index (χ1v) is 9.02. The van der Waals surface area contributed by atoms with Crippen molar-refractivity contribution >= 4 is 17.5 Å². The SMILES string of the molecule is Cc1ccc(Oc2ccc(N3C(=O)[C@@H]4[C@H](C3=O)[C@@H]3C=C[C@@H]4C3)cc2)cc1. The van der Waals surface area contributed by atoms with Gasteiger partial charge in [-0.15, -0.1) is 0 Å². The average Bonchev–Trinajstić information content (AvgIpc) is 3.32. The molecule has 0 aromatic heterocycles. The maximum absolute atomic E-state index is 12.8. The number of rotatable bonds is 3. The maximum Gasteiger partial charge on any atom is 0.238 e. The van der Waals surface area contributed by atoms with E-state index >= 15 is 0 Å². The molecule has 130 valence electrons. The third-order valence-electron chi connectivity index (χ3n) is 5.82. The monoisotopic (exact) mass is 345 g/mol. The van der Waals surface area contributed by atoms with Crippen molar-refractivity contribution < 1.29 is 14.3 Å². The van der Waals surface area contributed by atoms with Crippen LogP contribution >= 0.6 is 0 Å². The van der Waals surface area contributed by atoms with Crippen LogP contribution in [0.4, 0.5) is 5.69 Å². The summed E-state index contributed by atoms with van der Waals surface area (Å²) in [6.07, 6.45) is 5.17. The van der Waals surface area contributed by atoms with Gasteiger partial charge < -0.3 is 4.74 Å². The number of carbonyl (C=O) groups is 2. The van der Waals surface area contributed by atoms with E-state index in [4.69, 9.17) is 4.74 Å². The molecular weight excluding hydrogens is 326 g/mol. The van der Waals surface area contributed by atoms with Crippen LogP contribution in [0, 0.1) is 30.6 Å². The number of ether oxygens (including phenoxy) is 1. The number of benzene rings is 2. The molecule has 2 bridgehead atoms. The van der Waals surface area contributed by atoms with Crippen LogP contribution in [0.1, 0.15) is 12.0 Å². The van der Waals surface area contributed by atoms with E-state index in [1.165, 1.54) is 10.5 Å². The Labute approximate surface area is 152 Å². The highest BCUT2D eigenvalue weighted by atomic mass is 16.5. The number of anilines is 1. The number of imide groups is 1. The van der Waals surface area contributed by atoms with E-state index in [9.17, 15) is 9.59 Å². The Bertz CT molecular complexity index is 883. The predicted octanol–water partition coefficient (Wildman–Crippen LogP) is 4.10. The lowest BCUT2D eigenvalue weighted by molar-refractivity contribution is -0.123. The van der Waals surface area contributed by atoms with Crippen LogP contribution in [0.2, 0.25) is 0 Å². The summed E-state index contributed by atoms with van der Waals surface area (Å²) < 4.78 is 5.82. The van der Waals surface area contributed by atoms with Gasteiger partial charge in [0.1, 0.15) is 11.5 Å². The van der Waals surface area contributed by atoms with Crippen molar-refractivity contribution in [3.63, 3.8) is 0 Å². The molecular formula is C22H19NO3. The number of nitrogens with zero attached hydrogens (tertiary/aromatic N) is 1. The van der Waals surface area contributed by atoms with Gasteiger partial charge in [-0.2, -0.15) is 0 Å². The van der Waals surface area contributed by atoms with Crippen molar-refractivity contribution in [3.05, 3.63) is 66.2 Å². The Morgan fingerprint density at radius 3 is 1.85 bits per heavy atom. The second-order valence-corrected chi connectivity index (χ2v) is 7.42. The maximum atomic E-state index is 12.8. The summed E-state index contributed by atoms with van der Waals surface area (Å²) >= 11 is 0. The van der Waals surface area contributed by atoms with E-state index < -0.39 is 0 Å². The van der Waals surface area contributed by atoms with Crippen molar-refractivity contribution in [2.75, 3.05) is 4.90 Å². The Hall–Kier alpha value is -2.88. The number of hydrogen-bond acceptors (Lipinski definition) is 3. The minimum atomic E-state index is -0.166. The number of amides is 2. The van der Waals surface area contributed by atoms with Gasteiger partial charge >= 0.3 is 0 Å². The number of hydrogen-bond donors (Lipinski definition) is 0. The van der Waals surface area contributed by atoms with E-state index in [2.05, 4.69) is 12.2 Å². The van der Waals surface area contributed by atoms with Crippen LogP contribution in [-0.4, -0.2) is 11.8 Å². The van der Waals surface area contributed by atoms with Crippen LogP contribution in [0.15, 0.2) is 60.7 Å². The highest BCUT2D eigenvalue weighted by Gasteiger charge is 2.59. The molecule has 2 aromatic carbocycles. The Kier molecular flexibility index (Phi) is 3.29. The molecule has 4 heteroatoms. The van der Waals surface area contributed by atoms with Crippen molar-refractivity contribution in [2.24, 2.45) is 23.7 Å². The molecule has 0 spiro atoms. The molecule has 0 radical (unpaired) electrons. The van der Waals surface area contributed by atoms with Gasteiger partial charge in [0.15, 0.2) is 0 Å². The Morgan fingerprint density at radius 1 is 0.808 bits per heavy atom. The summed E-state index contributed by atoms with van der Waals surface area (Å²) in [4.78, 5) is 27.0. The minimum absolute atomic E-state index is 0.0518. The number of aryl methyl sites for hydroxylation is 1. The van der Waals surface area contributed by atoms with Gasteiger partial charge in [-0.25, -0.2) is 0 Å². The smallest absolute Gasteiger partial charge is 0.238 e. The average molecular weight is 345 g/mol. The first kappa shape index (κ1) is 15.4. The molecule has 1 saturated heterocycles. The van der Waals surface area contributed by atoms with Crippen molar-refractivity contribution in [2.45, 2.75) is 13.3 Å². The molecule has 0 unspecified atom stereocenters. The summed E-state index contributed by atoms with van der Waals surface area (Å²) in [5.74, 6) is 1.47. The third kappa shape index (κ3) is 2.22. The van der Waals surface area contributed by atoms with Crippen molar-refractivity contribution in [3.8, 4) is 11.5 Å². The van der Waals surface area contributed by atoms with Crippen LogP contribution in [0.25, 0.3) is 0 Å². The molecule has 1 aliphatic heterocycles. The summed E-state index contributed by atoms with van der Waals surface area (Å²) in [5.41, 5.74) is 1.80. The minimum Gasteiger partial charge on any atom is -0.457 e. The highest BCUT2D eigenvalue weighted by Crippen LogP contribution is 2.53. The first-order valence-electron chi connectivity index (χ1n) is 9.02. The summed E-state index contributed by atoms with van der Waals surface area (Å²) in [5, 5.41) is 0. The van der Waals surface area contributed by atoms with Gasteiger partial charge in [-0.1, -0.05) is 29.8 Å². The standard InChI is InChI=1S/C22H19NO3/c1-13-2-8-17(9-3-13)26-18-10-6-16(7-11-18)23-21(24)19-14-4-5-15(12-14)20(19)22(23)25/h2-11,14-15,19-20H,12H2,1H3/t14-,15-,19-,20+/m1/s1. The van der Waals surface area contributed by atoms with E-state index in [-0.39, 0.29) is 35.5 Å². The molecule has 2 aliphatic carbocycles. The fraction of sp³-hybridized carbons (Fsp3) is 0.273. The zero-order chi connectivity index (χ0) is 17.8. The first-order chi connectivity index (χ1) is 12.6. The van der Waals surface area contributed by atoms with Crippen LogP contribution in [-0.2, 0) is 9.59 Å². The Balaban J connectivity index is 1.37. The third-order valence-corrected chi connectivity index (χ3v) is 5.82. The highest BCUT2D eigenvalue weighted by molar-refractivity contribution is 6.22. The zero-order valence-electron chi connectivity index (χ0n) is 14.5. The van der Waals surface area contributed by atoms with Crippen LogP contribution in [0.5, 0.6) is 11.5 Å². The second kappa shape index (κ2) is 5.56. The van der Waals surface area contributed by atoms with Gasteiger partial charge in [0.2, 0.25) is 11.8 Å². The molecule has 4 nitrogen and oxygen atoms in total. The summed E-state index contributed by atoms with van der Waals surface area (Å²) in [6, 6.07) is 15.0. The largest absolute Gasteiger partial charge is 0.457 e. The van der Waals surface area contributed by atoms with E-state index in [1.807, 2.05) is 31.2 Å². The Morgan fingerprint density at radius 2 is 1.31 bits per heavy atom. The lowest BCUT2D eigenvalue weighted by Gasteiger charge is -2.17. The molecule has 26 heavy (non-hydrogen) atoms. The molecule has 2 amide bonds. The number of carbonyl (C=O) groups excluding carboxylic acids is 2. The zero-order valence-corrected chi connectivity index (χ0v) is 14.5. The normalized spacial score (nSPS) is 28.7. The second-order valence-electron chi connectivity index (χ2n) is 7.42. The summed E-state index contributed by atoms with van der Waals surface area (Å²) in [6.45, 7) is 2.03. The molecule has 4 atom stereocenters. The number of allylic oxidation sites excluding steroid dienone is 2. The van der Waals surface area contributed by atoms with E-state index in [0.29, 0.717) is 11.4 Å². The topological polar surface area (TPSA) is 46.6 Å². The van der Waals surface area contributed by atoms with Gasteiger partial charge in [0.05, 0.1) is 17.5 Å². The van der Waals surface area contributed by atoms with Crippen molar-refractivity contribution in [1.29, 1.82) is 0 Å². The van der Waals surface area contributed by atoms with Gasteiger partial charge in [-0.3, -0.25) is 14.5 Å². The molecule has 2 fully saturated rings. The summed E-state index contributed by atoms with van der Waals surface area (Å²) in [7, 11) is 0. The lowest BCUT2D eigenvalue weighted by atomic mass is 9.85. The molecule has 2 aromatic rings. The molecule has 0 N–H and O–H groups in total. The van der Waals surface area contributed by atoms with Gasteiger partial charge in [0.25, 0.3) is 0 Å². The molecule has 3 aliphatic rings. The molecule has 5 rings (SSSR count). The predicted molar refractivity (Wildman–Crippen MR) is 97.9 cm³/mol. The van der Waals surface area contributed by atoms with Crippen molar-refractivity contribution in [1.82, 2.24) is 0 Å². The fourth-order valence-electron chi connectivity index (χ4n) is 4.56. The quantitative estimate of drug-likeness (QED) is 0.621. The lowest BCUT2D eigenvalue weighted by Crippen LogP contribution is -2.32. The van der Waals surface area contributed by atoms with Crippen LogP contribution < -0.4 is 9.64 Å². The van der Waals surface area contributed by atoms with Crippen LogP contribution in [0.3, 0.4) is 0 Å². The number of fused-ring (bicyclic) bond motifs is 5. The molecule has 1 saturated carbocycles. The van der Waals surface area contributed by atoms with Gasteiger partial charge in [0, 0.05) is 0 Å².